The van der Waals surface area contributed by atoms with E-state index in [0.29, 0.717) is 6.61 Å². The molecule has 2 rings (SSSR count). The maximum Gasteiger partial charge on any atom is 0.306 e. The molecule has 0 aliphatic carbocycles. The lowest BCUT2D eigenvalue weighted by Crippen LogP contribution is -2.34. The van der Waals surface area contributed by atoms with Crippen LogP contribution in [-0.2, 0) is 19.1 Å². The normalized spacial score (nSPS) is 10.3. The monoisotopic (exact) mass is 360 g/mol. The number of rotatable bonds is 7. The van der Waals surface area contributed by atoms with E-state index in [-0.39, 0.29) is 30.5 Å². The summed E-state index contributed by atoms with van der Waals surface area (Å²) in [5, 5.41) is 7.89. The molecule has 0 fully saturated rings. The number of amides is 1. The second-order valence-corrected chi connectivity index (χ2v) is 5.69. The van der Waals surface area contributed by atoms with Gasteiger partial charge in [0.2, 0.25) is 5.91 Å². The van der Waals surface area contributed by atoms with E-state index < -0.39 is 5.97 Å². The van der Waals surface area contributed by atoms with Crippen molar-refractivity contribution in [3.8, 4) is 0 Å². The first-order valence-corrected chi connectivity index (χ1v) is 8.23. The fourth-order valence-corrected chi connectivity index (χ4v) is 2.38. The number of anilines is 1. The molecule has 1 amide bonds. The molecule has 7 heteroatoms. The van der Waals surface area contributed by atoms with Crippen molar-refractivity contribution in [1.82, 2.24) is 5.32 Å². The highest BCUT2D eigenvalue weighted by atomic mass is 32.1. The number of esters is 1. The zero-order valence-electron chi connectivity index (χ0n) is 13.9. The van der Waals surface area contributed by atoms with Crippen molar-refractivity contribution in [3.05, 3.63) is 42.5 Å². The molecule has 25 heavy (non-hydrogen) atoms. The van der Waals surface area contributed by atoms with Gasteiger partial charge in [0.05, 0.1) is 13.0 Å². The van der Waals surface area contributed by atoms with Crippen molar-refractivity contribution in [2.45, 2.75) is 12.8 Å². The predicted octanol–water partition coefficient (Wildman–Crippen LogP) is 2.62. The molecule has 132 valence electrons. The Morgan fingerprint density at radius 1 is 1.04 bits per heavy atom. The van der Waals surface area contributed by atoms with Gasteiger partial charge in [0.1, 0.15) is 6.61 Å². The molecule has 0 saturated carbocycles. The average molecular weight is 360 g/mol. The number of hydrogen-bond donors (Lipinski definition) is 2. The minimum absolute atomic E-state index is 0.00531. The number of ether oxygens (including phenoxy) is 2. The van der Waals surface area contributed by atoms with Gasteiger partial charge in [-0.25, -0.2) is 0 Å². The lowest BCUT2D eigenvalue weighted by molar-refractivity contribution is -0.146. The Hall–Kier alpha value is -2.51. The van der Waals surface area contributed by atoms with Crippen LogP contribution in [0, 0.1) is 0 Å². The van der Waals surface area contributed by atoms with Gasteiger partial charge in [0.25, 0.3) is 0 Å². The zero-order chi connectivity index (χ0) is 18.1. The summed E-state index contributed by atoms with van der Waals surface area (Å²) in [5.74, 6) is -0.789. The summed E-state index contributed by atoms with van der Waals surface area (Å²) in [6.07, 6.45) is -0.000505. The molecule has 6 nitrogen and oxygen atoms in total. The van der Waals surface area contributed by atoms with Gasteiger partial charge < -0.3 is 20.1 Å². The van der Waals surface area contributed by atoms with Crippen LogP contribution in [0.15, 0.2) is 42.5 Å². The maximum atomic E-state index is 11.8. The van der Waals surface area contributed by atoms with Gasteiger partial charge >= 0.3 is 5.97 Å². The first kappa shape index (κ1) is 18.8. The number of carbonyl (C=O) groups is 2. The molecule has 0 radical (unpaired) electrons. The predicted molar refractivity (Wildman–Crippen MR) is 100 cm³/mol. The molecule has 0 aromatic heterocycles. The Balaban J connectivity index is 1.76. The smallest absolute Gasteiger partial charge is 0.306 e. The highest BCUT2D eigenvalue weighted by Crippen LogP contribution is 2.18. The number of fused-ring (bicyclic) bond motifs is 1. The Labute approximate surface area is 151 Å². The Morgan fingerprint density at radius 3 is 2.56 bits per heavy atom. The third-order valence-corrected chi connectivity index (χ3v) is 3.57. The molecule has 2 aromatic carbocycles. The van der Waals surface area contributed by atoms with Crippen LogP contribution in [-0.4, -0.2) is 37.3 Å². The van der Waals surface area contributed by atoms with Crippen molar-refractivity contribution in [3.63, 3.8) is 0 Å². The van der Waals surface area contributed by atoms with Crippen LogP contribution in [0.4, 0.5) is 5.69 Å². The Kier molecular flexibility index (Phi) is 7.31. The topological polar surface area (TPSA) is 76.7 Å². The minimum Gasteiger partial charge on any atom is -0.463 e. The molecular weight excluding hydrogens is 340 g/mol. The van der Waals surface area contributed by atoms with Crippen LogP contribution in [0.3, 0.4) is 0 Å². The van der Waals surface area contributed by atoms with Gasteiger partial charge in [-0.3, -0.25) is 9.59 Å². The lowest BCUT2D eigenvalue weighted by atomic mass is 10.1. The van der Waals surface area contributed by atoms with Crippen LogP contribution in [0.1, 0.15) is 12.8 Å². The molecular formula is C18H20N2O4S. The second kappa shape index (κ2) is 9.71. The number of thiocarbonyl (C=S) groups is 1. The Bertz CT molecular complexity index is 764. The number of nitrogens with one attached hydrogen (secondary N) is 2. The zero-order valence-corrected chi connectivity index (χ0v) is 14.7. The SMILES string of the molecule is COCCOC(=O)CCC(=O)NC(=S)Nc1ccc2ccccc2c1. The van der Waals surface area contributed by atoms with Crippen LogP contribution in [0.5, 0.6) is 0 Å². The van der Waals surface area contributed by atoms with Crippen molar-refractivity contribution in [2.75, 3.05) is 25.6 Å². The lowest BCUT2D eigenvalue weighted by Gasteiger charge is -2.10. The van der Waals surface area contributed by atoms with Gasteiger partial charge in [0, 0.05) is 19.2 Å². The van der Waals surface area contributed by atoms with E-state index in [4.69, 9.17) is 21.7 Å². The van der Waals surface area contributed by atoms with E-state index in [9.17, 15) is 9.59 Å². The first-order chi connectivity index (χ1) is 12.1. The number of methoxy groups -OCH3 is 1. The molecule has 0 bridgehead atoms. The fraction of sp³-hybridized carbons (Fsp3) is 0.278. The average Bonchev–Trinajstić information content (AvgIpc) is 2.60. The molecule has 0 spiro atoms. The van der Waals surface area contributed by atoms with Crippen LogP contribution >= 0.6 is 12.2 Å². The third kappa shape index (κ3) is 6.48. The molecule has 0 aliphatic rings. The summed E-state index contributed by atoms with van der Waals surface area (Å²) in [6.45, 7) is 0.510. The van der Waals surface area contributed by atoms with Crippen molar-refractivity contribution >= 4 is 45.7 Å². The van der Waals surface area contributed by atoms with Gasteiger partial charge in [-0.1, -0.05) is 30.3 Å². The quantitative estimate of drug-likeness (QED) is 0.449. The summed E-state index contributed by atoms with van der Waals surface area (Å²) in [4.78, 5) is 23.2. The molecule has 0 heterocycles. The van der Waals surface area contributed by atoms with Crippen molar-refractivity contribution in [2.24, 2.45) is 0 Å². The largest absolute Gasteiger partial charge is 0.463 e. The molecule has 0 unspecified atom stereocenters. The molecule has 0 aliphatic heterocycles. The van der Waals surface area contributed by atoms with Crippen molar-refractivity contribution < 1.29 is 19.1 Å². The van der Waals surface area contributed by atoms with Crippen LogP contribution < -0.4 is 10.6 Å². The van der Waals surface area contributed by atoms with E-state index in [0.717, 1.165) is 16.5 Å². The number of carbonyl (C=O) groups excluding carboxylic acids is 2. The highest BCUT2D eigenvalue weighted by Gasteiger charge is 2.09. The van der Waals surface area contributed by atoms with Gasteiger partial charge in [-0.05, 0) is 35.1 Å². The van der Waals surface area contributed by atoms with Gasteiger partial charge in [0.15, 0.2) is 5.11 Å². The van der Waals surface area contributed by atoms with E-state index in [2.05, 4.69) is 10.6 Å². The summed E-state index contributed by atoms with van der Waals surface area (Å²) < 4.78 is 9.65. The second-order valence-electron chi connectivity index (χ2n) is 5.28. The van der Waals surface area contributed by atoms with Gasteiger partial charge in [-0.2, -0.15) is 0 Å². The molecule has 2 aromatic rings. The maximum absolute atomic E-state index is 11.8. The summed E-state index contributed by atoms with van der Waals surface area (Å²) in [6, 6.07) is 13.7. The van der Waals surface area contributed by atoms with E-state index in [1.165, 1.54) is 7.11 Å². The number of hydrogen-bond acceptors (Lipinski definition) is 5. The number of benzene rings is 2. The molecule has 0 saturated heterocycles. The van der Waals surface area contributed by atoms with E-state index >= 15 is 0 Å². The van der Waals surface area contributed by atoms with Gasteiger partial charge in [-0.15, -0.1) is 0 Å². The minimum atomic E-state index is -0.444. The Morgan fingerprint density at radius 2 is 1.80 bits per heavy atom. The summed E-state index contributed by atoms with van der Waals surface area (Å²) in [5.41, 5.74) is 0.781. The standard InChI is InChI=1S/C18H20N2O4S/c1-23-10-11-24-17(22)9-8-16(21)20-18(25)19-15-7-6-13-4-2-3-5-14(13)12-15/h2-7,12H,8-11H2,1H3,(H2,19,20,21,25). The molecule has 0 atom stereocenters. The summed E-state index contributed by atoms with van der Waals surface area (Å²) >= 11 is 5.12. The fourth-order valence-electron chi connectivity index (χ4n) is 2.15. The van der Waals surface area contributed by atoms with Crippen molar-refractivity contribution in [1.29, 1.82) is 0 Å². The van der Waals surface area contributed by atoms with Crippen LogP contribution in [0.25, 0.3) is 10.8 Å². The summed E-state index contributed by atoms with van der Waals surface area (Å²) in [7, 11) is 1.52. The molecule has 2 N–H and O–H groups in total. The highest BCUT2D eigenvalue weighted by molar-refractivity contribution is 7.80. The van der Waals surface area contributed by atoms with E-state index in [1.807, 2.05) is 42.5 Å². The first-order valence-electron chi connectivity index (χ1n) is 7.82. The van der Waals surface area contributed by atoms with Crippen LogP contribution in [0.2, 0.25) is 0 Å². The van der Waals surface area contributed by atoms with E-state index in [1.54, 1.807) is 0 Å². The third-order valence-electron chi connectivity index (χ3n) is 3.37.